The Morgan fingerprint density at radius 2 is 1.90 bits per heavy atom. The smallest absolute Gasteiger partial charge is 0.303 e. The van der Waals surface area contributed by atoms with E-state index in [0.29, 0.717) is 5.92 Å². The molecule has 1 aromatic rings. The molecule has 2 N–H and O–H groups in total. The van der Waals surface area contributed by atoms with Crippen molar-refractivity contribution in [1.82, 2.24) is 15.2 Å². The highest BCUT2D eigenvalue weighted by Crippen LogP contribution is 2.42. The summed E-state index contributed by atoms with van der Waals surface area (Å²) in [5, 5.41) is 16.7. The summed E-state index contributed by atoms with van der Waals surface area (Å²) in [6, 6.07) is 0. The van der Waals surface area contributed by atoms with Crippen molar-refractivity contribution in [2.75, 3.05) is 0 Å². The van der Waals surface area contributed by atoms with E-state index in [1.807, 2.05) is 0 Å². The number of rotatable bonds is 5. The number of aromatic amines is 1. The van der Waals surface area contributed by atoms with Crippen molar-refractivity contribution in [3.8, 4) is 0 Å². The fraction of sp³-hybridized carbons (Fsp3) is 0.812. The molecule has 0 unspecified atom stereocenters. The van der Waals surface area contributed by atoms with Crippen LogP contribution in [0.15, 0.2) is 0 Å². The minimum Gasteiger partial charge on any atom is -0.481 e. The monoisotopic (exact) mass is 291 g/mol. The Labute approximate surface area is 125 Å². The van der Waals surface area contributed by atoms with Crippen LogP contribution in [0.4, 0.5) is 0 Å². The molecule has 0 aliphatic heterocycles. The molecule has 2 fully saturated rings. The summed E-state index contributed by atoms with van der Waals surface area (Å²) in [6.45, 7) is 0. The second-order valence-electron chi connectivity index (χ2n) is 6.93. The Bertz CT molecular complexity index is 485. The Morgan fingerprint density at radius 1 is 1.19 bits per heavy atom. The van der Waals surface area contributed by atoms with Gasteiger partial charge in [-0.15, -0.1) is 0 Å². The van der Waals surface area contributed by atoms with Gasteiger partial charge in [0.2, 0.25) is 0 Å². The maximum Gasteiger partial charge on any atom is 0.303 e. The number of carbonyl (C=O) groups is 1. The zero-order chi connectivity index (χ0) is 14.7. The SMILES string of the molecule is O=C(O)CC1(Cc2nc(C3CCCC3)n[nH]2)CCCCC1. The lowest BCUT2D eigenvalue weighted by molar-refractivity contribution is -0.140. The van der Waals surface area contributed by atoms with Crippen LogP contribution in [0.2, 0.25) is 0 Å². The van der Waals surface area contributed by atoms with E-state index in [1.165, 1.54) is 32.1 Å². The summed E-state index contributed by atoms with van der Waals surface area (Å²) < 4.78 is 0. The summed E-state index contributed by atoms with van der Waals surface area (Å²) in [6.07, 6.45) is 11.4. The number of H-pyrrole nitrogens is 1. The summed E-state index contributed by atoms with van der Waals surface area (Å²) >= 11 is 0. The number of nitrogens with one attached hydrogen (secondary N) is 1. The number of hydrogen-bond acceptors (Lipinski definition) is 3. The number of carboxylic acids is 1. The average molecular weight is 291 g/mol. The lowest BCUT2D eigenvalue weighted by atomic mass is 9.69. The minimum absolute atomic E-state index is 0.115. The molecule has 21 heavy (non-hydrogen) atoms. The first-order valence-corrected chi connectivity index (χ1v) is 8.30. The first kappa shape index (κ1) is 14.5. The molecule has 1 heterocycles. The van der Waals surface area contributed by atoms with E-state index in [-0.39, 0.29) is 11.8 Å². The highest BCUT2D eigenvalue weighted by Gasteiger charge is 2.35. The molecule has 0 saturated heterocycles. The Kier molecular flexibility index (Phi) is 4.27. The van der Waals surface area contributed by atoms with Crippen molar-refractivity contribution in [1.29, 1.82) is 0 Å². The molecule has 0 amide bonds. The van der Waals surface area contributed by atoms with Gasteiger partial charge in [0.15, 0.2) is 5.82 Å². The van der Waals surface area contributed by atoms with E-state index < -0.39 is 5.97 Å². The molecular formula is C16H25N3O2. The average Bonchev–Trinajstić information content (AvgIpc) is 3.09. The van der Waals surface area contributed by atoms with Gasteiger partial charge in [-0.25, -0.2) is 4.98 Å². The van der Waals surface area contributed by atoms with Gasteiger partial charge in [0.25, 0.3) is 0 Å². The van der Waals surface area contributed by atoms with Crippen LogP contribution in [0.1, 0.15) is 81.8 Å². The Morgan fingerprint density at radius 3 is 2.57 bits per heavy atom. The van der Waals surface area contributed by atoms with Gasteiger partial charge in [-0.3, -0.25) is 9.89 Å². The van der Waals surface area contributed by atoms with E-state index in [4.69, 9.17) is 0 Å². The number of nitrogens with zero attached hydrogens (tertiary/aromatic N) is 2. The number of carboxylic acid groups (broad SMARTS) is 1. The van der Waals surface area contributed by atoms with Crippen LogP contribution in [0, 0.1) is 5.41 Å². The summed E-state index contributed by atoms with van der Waals surface area (Å²) in [5.41, 5.74) is -0.115. The molecule has 2 aliphatic rings. The van der Waals surface area contributed by atoms with Crippen molar-refractivity contribution in [2.45, 2.75) is 76.5 Å². The van der Waals surface area contributed by atoms with E-state index in [9.17, 15) is 9.90 Å². The first-order valence-electron chi connectivity index (χ1n) is 8.30. The third-order valence-corrected chi connectivity index (χ3v) is 5.25. The van der Waals surface area contributed by atoms with E-state index in [2.05, 4.69) is 15.2 Å². The normalized spacial score (nSPS) is 22.5. The second kappa shape index (κ2) is 6.16. The van der Waals surface area contributed by atoms with E-state index in [1.54, 1.807) is 0 Å². The van der Waals surface area contributed by atoms with Crippen molar-refractivity contribution in [3.05, 3.63) is 11.6 Å². The lowest BCUT2D eigenvalue weighted by Gasteiger charge is -2.35. The second-order valence-corrected chi connectivity index (χ2v) is 6.93. The summed E-state index contributed by atoms with van der Waals surface area (Å²) in [7, 11) is 0. The molecular weight excluding hydrogens is 266 g/mol. The Balaban J connectivity index is 1.71. The van der Waals surface area contributed by atoms with Crippen molar-refractivity contribution >= 4 is 5.97 Å². The van der Waals surface area contributed by atoms with E-state index in [0.717, 1.165) is 43.8 Å². The van der Waals surface area contributed by atoms with Crippen LogP contribution in [-0.2, 0) is 11.2 Å². The largest absolute Gasteiger partial charge is 0.481 e. The molecule has 0 spiro atoms. The fourth-order valence-electron chi connectivity index (χ4n) is 4.15. The standard InChI is InChI=1S/C16H25N3O2/c20-14(21)11-16(8-4-1-5-9-16)10-13-17-15(19-18-13)12-6-2-3-7-12/h12H,1-11H2,(H,20,21)(H,17,18,19). The van der Waals surface area contributed by atoms with Crippen molar-refractivity contribution in [2.24, 2.45) is 5.41 Å². The van der Waals surface area contributed by atoms with Gasteiger partial charge in [0, 0.05) is 12.3 Å². The molecule has 3 rings (SSSR count). The zero-order valence-electron chi connectivity index (χ0n) is 12.6. The molecule has 0 bridgehead atoms. The summed E-state index contributed by atoms with van der Waals surface area (Å²) in [5.74, 6) is 1.66. The molecule has 5 nitrogen and oxygen atoms in total. The van der Waals surface area contributed by atoms with Gasteiger partial charge in [-0.2, -0.15) is 5.10 Å². The molecule has 0 aromatic carbocycles. The van der Waals surface area contributed by atoms with Gasteiger partial charge < -0.3 is 5.11 Å². The fourth-order valence-corrected chi connectivity index (χ4v) is 4.15. The number of hydrogen-bond donors (Lipinski definition) is 2. The van der Waals surface area contributed by atoms with Gasteiger partial charge in [-0.05, 0) is 31.1 Å². The molecule has 1 aromatic heterocycles. The number of aliphatic carboxylic acids is 1. The molecule has 5 heteroatoms. The first-order chi connectivity index (χ1) is 10.2. The van der Waals surface area contributed by atoms with Gasteiger partial charge in [0.1, 0.15) is 5.82 Å². The van der Waals surface area contributed by atoms with Crippen LogP contribution in [0.25, 0.3) is 0 Å². The van der Waals surface area contributed by atoms with Crippen LogP contribution in [0.5, 0.6) is 0 Å². The topological polar surface area (TPSA) is 78.9 Å². The third kappa shape index (κ3) is 3.44. The molecule has 2 aliphatic carbocycles. The van der Waals surface area contributed by atoms with E-state index >= 15 is 0 Å². The summed E-state index contributed by atoms with van der Waals surface area (Å²) in [4.78, 5) is 15.9. The van der Waals surface area contributed by atoms with Gasteiger partial charge in [0.05, 0.1) is 6.42 Å². The van der Waals surface area contributed by atoms with Gasteiger partial charge >= 0.3 is 5.97 Å². The van der Waals surface area contributed by atoms with Crippen LogP contribution >= 0.6 is 0 Å². The highest BCUT2D eigenvalue weighted by molar-refractivity contribution is 5.67. The highest BCUT2D eigenvalue weighted by atomic mass is 16.4. The quantitative estimate of drug-likeness (QED) is 0.871. The maximum absolute atomic E-state index is 11.2. The number of aromatic nitrogens is 3. The maximum atomic E-state index is 11.2. The van der Waals surface area contributed by atoms with Crippen LogP contribution < -0.4 is 0 Å². The Hall–Kier alpha value is -1.39. The minimum atomic E-state index is -0.688. The van der Waals surface area contributed by atoms with Gasteiger partial charge in [-0.1, -0.05) is 32.1 Å². The third-order valence-electron chi connectivity index (χ3n) is 5.25. The zero-order valence-corrected chi connectivity index (χ0v) is 12.6. The van der Waals surface area contributed by atoms with Crippen LogP contribution in [0.3, 0.4) is 0 Å². The van der Waals surface area contributed by atoms with Crippen molar-refractivity contribution in [3.63, 3.8) is 0 Å². The predicted molar refractivity (Wildman–Crippen MR) is 79.1 cm³/mol. The predicted octanol–water partition coefficient (Wildman–Crippen LogP) is 3.43. The molecule has 0 radical (unpaired) electrons. The molecule has 0 atom stereocenters. The van der Waals surface area contributed by atoms with Crippen molar-refractivity contribution < 1.29 is 9.90 Å². The van der Waals surface area contributed by atoms with Crippen LogP contribution in [-0.4, -0.2) is 26.3 Å². The molecule has 116 valence electrons. The molecule has 2 saturated carbocycles. The lowest BCUT2D eigenvalue weighted by Crippen LogP contribution is -2.30.